The van der Waals surface area contributed by atoms with E-state index in [1.807, 2.05) is 18.2 Å². The average molecular weight is 577 g/mol. The van der Waals surface area contributed by atoms with Crippen LogP contribution in [0.3, 0.4) is 0 Å². The molecule has 0 saturated heterocycles. The molecule has 4 heteroatoms. The smallest absolute Gasteiger partial charge is 0.331 e. The van der Waals surface area contributed by atoms with Crippen LogP contribution < -0.4 is 9.47 Å². The predicted molar refractivity (Wildman–Crippen MR) is 172 cm³/mol. The molecule has 4 aliphatic carbocycles. The molecular formula is C38H56O4. The van der Waals surface area contributed by atoms with Gasteiger partial charge in [0, 0.05) is 12.5 Å². The first-order chi connectivity index (χ1) is 20.3. The van der Waals surface area contributed by atoms with Crippen LogP contribution in [-0.4, -0.2) is 26.3 Å². The highest BCUT2D eigenvalue weighted by atomic mass is 16.5. The van der Waals surface area contributed by atoms with Crippen molar-refractivity contribution < 1.29 is 19.0 Å². The van der Waals surface area contributed by atoms with Crippen molar-refractivity contribution in [1.82, 2.24) is 0 Å². The van der Waals surface area contributed by atoms with Gasteiger partial charge in [-0.25, -0.2) is 4.79 Å². The highest BCUT2D eigenvalue weighted by Crippen LogP contribution is 2.66. The van der Waals surface area contributed by atoms with Gasteiger partial charge >= 0.3 is 5.97 Å². The van der Waals surface area contributed by atoms with Crippen molar-refractivity contribution in [3.8, 4) is 11.5 Å². The summed E-state index contributed by atoms with van der Waals surface area (Å²) in [5.41, 5.74) is 3.29. The largest absolute Gasteiger partial charge is 0.493 e. The molecule has 7 atom stereocenters. The second kappa shape index (κ2) is 13.6. The van der Waals surface area contributed by atoms with Crippen LogP contribution in [0.1, 0.15) is 123 Å². The van der Waals surface area contributed by atoms with Crippen LogP contribution in [0.5, 0.6) is 11.5 Å². The summed E-state index contributed by atoms with van der Waals surface area (Å²) in [5, 5.41) is 0. The van der Waals surface area contributed by atoms with Gasteiger partial charge in [0.1, 0.15) is 6.10 Å². The summed E-state index contributed by atoms with van der Waals surface area (Å²) in [6, 6.07) is 5.63. The summed E-state index contributed by atoms with van der Waals surface area (Å²) in [4.78, 5) is 12.8. The van der Waals surface area contributed by atoms with Gasteiger partial charge in [-0.3, -0.25) is 0 Å². The molecule has 0 heterocycles. The van der Waals surface area contributed by atoms with Gasteiger partial charge in [0.2, 0.25) is 0 Å². The van der Waals surface area contributed by atoms with Crippen LogP contribution in [0.25, 0.3) is 6.08 Å². The van der Waals surface area contributed by atoms with E-state index in [-0.39, 0.29) is 17.5 Å². The van der Waals surface area contributed by atoms with E-state index in [2.05, 4.69) is 26.8 Å². The number of ether oxygens (including phenoxy) is 3. The van der Waals surface area contributed by atoms with E-state index in [1.54, 1.807) is 31.9 Å². The van der Waals surface area contributed by atoms with E-state index >= 15 is 0 Å². The Bertz CT molecular complexity index is 1140. The first kappa shape index (κ1) is 31.2. The molecule has 3 saturated carbocycles. The van der Waals surface area contributed by atoms with E-state index in [0.29, 0.717) is 16.9 Å². The Kier molecular flexibility index (Phi) is 10.1. The van der Waals surface area contributed by atoms with E-state index in [1.165, 1.54) is 77.0 Å². The Morgan fingerprint density at radius 2 is 1.71 bits per heavy atom. The summed E-state index contributed by atoms with van der Waals surface area (Å²) in [5.74, 6) is 4.54. The molecule has 4 aliphatic rings. The number of hydrogen-bond acceptors (Lipinski definition) is 4. The zero-order chi connectivity index (χ0) is 29.7. The minimum atomic E-state index is -0.261. The van der Waals surface area contributed by atoms with E-state index in [0.717, 1.165) is 48.5 Å². The number of unbranched alkanes of at least 4 members (excludes halogenated alkanes) is 5. The second-order valence-corrected chi connectivity index (χ2v) is 14.4. The summed E-state index contributed by atoms with van der Waals surface area (Å²) in [7, 11) is 3.24. The zero-order valence-electron chi connectivity index (χ0n) is 27.1. The molecule has 5 rings (SSSR count). The number of benzene rings is 1. The molecule has 0 bridgehead atoms. The predicted octanol–water partition coefficient (Wildman–Crippen LogP) is 9.96. The standard InChI is InChI=1S/C38H56O4/c1-6-7-8-9-10-11-12-28-16-18-32-31-17-15-29-26-30(21-23-38(29,3)33(31)22-24-37(28,32)2)42-36(39)20-14-27-13-19-34(40-4)35(25-27)41-5/h13-15,19-20,25,28,30-33H,6-12,16-18,21-24,26H2,1-5H3/t28-,30+,31-,32-,33+,37-,38+/m1/s1. The fraction of sp³-hybridized carbons (Fsp3) is 0.711. The summed E-state index contributed by atoms with van der Waals surface area (Å²) in [6.45, 7) is 7.54. The van der Waals surface area contributed by atoms with E-state index in [4.69, 9.17) is 14.2 Å². The Balaban J connectivity index is 1.16. The van der Waals surface area contributed by atoms with Gasteiger partial charge in [-0.1, -0.05) is 77.0 Å². The van der Waals surface area contributed by atoms with Crippen molar-refractivity contribution in [3.05, 3.63) is 41.5 Å². The van der Waals surface area contributed by atoms with Crippen molar-refractivity contribution in [2.24, 2.45) is 34.5 Å². The number of hydrogen-bond donors (Lipinski definition) is 0. The molecule has 0 N–H and O–H groups in total. The van der Waals surface area contributed by atoms with Crippen LogP contribution in [0.15, 0.2) is 35.9 Å². The fourth-order valence-corrected chi connectivity index (χ4v) is 9.81. The lowest BCUT2D eigenvalue weighted by Crippen LogP contribution is -2.50. The molecule has 42 heavy (non-hydrogen) atoms. The topological polar surface area (TPSA) is 44.8 Å². The van der Waals surface area contributed by atoms with Crippen LogP contribution in [0, 0.1) is 34.5 Å². The third-order valence-corrected chi connectivity index (χ3v) is 12.3. The Morgan fingerprint density at radius 1 is 0.929 bits per heavy atom. The molecule has 0 radical (unpaired) electrons. The zero-order valence-corrected chi connectivity index (χ0v) is 27.1. The van der Waals surface area contributed by atoms with Crippen LogP contribution in [0.4, 0.5) is 0 Å². The molecule has 0 aromatic heterocycles. The highest BCUT2D eigenvalue weighted by Gasteiger charge is 2.58. The van der Waals surface area contributed by atoms with Gasteiger partial charge in [-0.05, 0) is 110 Å². The fourth-order valence-electron chi connectivity index (χ4n) is 9.81. The number of esters is 1. The van der Waals surface area contributed by atoms with Crippen molar-refractivity contribution >= 4 is 12.0 Å². The molecule has 232 valence electrons. The number of carbonyl (C=O) groups excluding carboxylic acids is 1. The Hall–Kier alpha value is -2.23. The minimum absolute atomic E-state index is 0.0227. The quantitative estimate of drug-likeness (QED) is 0.107. The summed E-state index contributed by atoms with van der Waals surface area (Å²) in [6.07, 6.45) is 25.8. The lowest BCUT2D eigenvalue weighted by atomic mass is 9.47. The maximum absolute atomic E-state index is 12.8. The van der Waals surface area contributed by atoms with Crippen molar-refractivity contribution in [3.63, 3.8) is 0 Å². The second-order valence-electron chi connectivity index (χ2n) is 14.4. The average Bonchev–Trinajstić information content (AvgIpc) is 3.33. The lowest BCUT2D eigenvalue weighted by Gasteiger charge is -2.58. The van der Waals surface area contributed by atoms with Crippen molar-refractivity contribution in [1.29, 1.82) is 0 Å². The van der Waals surface area contributed by atoms with Crippen LogP contribution in [-0.2, 0) is 9.53 Å². The SMILES string of the molecule is CCCCCCCC[C@@H]1CC[C@@H]2[C@H]3CC=C4C[C@@H](OC(=O)C=Cc5ccc(OC)c(OC)c5)CC[C@]4(C)[C@H]3CC[C@]12C. The van der Waals surface area contributed by atoms with Crippen molar-refractivity contribution in [2.45, 2.75) is 123 Å². The molecule has 3 fully saturated rings. The maximum atomic E-state index is 12.8. The van der Waals surface area contributed by atoms with E-state index < -0.39 is 0 Å². The number of fused-ring (bicyclic) bond motifs is 5. The molecule has 1 aromatic rings. The summed E-state index contributed by atoms with van der Waals surface area (Å²) < 4.78 is 16.7. The van der Waals surface area contributed by atoms with Crippen molar-refractivity contribution in [2.75, 3.05) is 14.2 Å². The van der Waals surface area contributed by atoms with Gasteiger partial charge in [0.25, 0.3) is 0 Å². The number of carbonyl (C=O) groups is 1. The van der Waals surface area contributed by atoms with E-state index in [9.17, 15) is 4.79 Å². The Morgan fingerprint density at radius 3 is 2.50 bits per heavy atom. The normalized spacial score (nSPS) is 33.8. The van der Waals surface area contributed by atoms with Crippen LogP contribution >= 0.6 is 0 Å². The number of rotatable bonds is 12. The Labute approximate surface area is 255 Å². The monoisotopic (exact) mass is 576 g/mol. The maximum Gasteiger partial charge on any atom is 0.331 e. The molecule has 0 spiro atoms. The highest BCUT2D eigenvalue weighted by molar-refractivity contribution is 5.87. The van der Waals surface area contributed by atoms with Gasteiger partial charge in [-0.2, -0.15) is 0 Å². The first-order valence-corrected chi connectivity index (χ1v) is 17.1. The number of allylic oxidation sites excluding steroid dienone is 1. The summed E-state index contributed by atoms with van der Waals surface area (Å²) >= 11 is 0. The first-order valence-electron chi connectivity index (χ1n) is 17.1. The molecule has 0 amide bonds. The molecule has 0 aliphatic heterocycles. The molecule has 4 nitrogen and oxygen atoms in total. The van der Waals surface area contributed by atoms with Gasteiger partial charge < -0.3 is 14.2 Å². The molecule has 0 unspecified atom stereocenters. The van der Waals surface area contributed by atoms with Gasteiger partial charge in [0.15, 0.2) is 11.5 Å². The third-order valence-electron chi connectivity index (χ3n) is 12.3. The van der Waals surface area contributed by atoms with Crippen LogP contribution in [0.2, 0.25) is 0 Å². The van der Waals surface area contributed by atoms with Gasteiger partial charge in [0.05, 0.1) is 14.2 Å². The number of methoxy groups -OCH3 is 2. The molecule has 1 aromatic carbocycles. The minimum Gasteiger partial charge on any atom is -0.493 e. The third kappa shape index (κ3) is 6.34. The van der Waals surface area contributed by atoms with Gasteiger partial charge in [-0.15, -0.1) is 0 Å². The lowest BCUT2D eigenvalue weighted by molar-refractivity contribution is -0.145. The molecular weight excluding hydrogens is 520 g/mol.